The summed E-state index contributed by atoms with van der Waals surface area (Å²) >= 11 is 0. The van der Waals surface area contributed by atoms with Gasteiger partial charge in [-0.3, -0.25) is 0 Å². The Morgan fingerprint density at radius 2 is 2.10 bits per heavy atom. The lowest BCUT2D eigenvalue weighted by atomic mass is 9.95. The van der Waals surface area contributed by atoms with Crippen LogP contribution in [0.3, 0.4) is 0 Å². The molecule has 3 atom stereocenters. The predicted octanol–water partition coefficient (Wildman–Crippen LogP) is 1.78. The number of fused-ring (bicyclic) bond motifs is 1. The van der Waals surface area contributed by atoms with Gasteiger partial charge in [-0.2, -0.15) is 0 Å². The average Bonchev–Trinajstić information content (AvgIpc) is 2.63. The first-order valence-electron chi connectivity index (χ1n) is 4.53. The summed E-state index contributed by atoms with van der Waals surface area (Å²) in [5, 5.41) is 3.69. The van der Waals surface area contributed by atoms with E-state index in [0.717, 1.165) is 23.9 Å². The van der Waals surface area contributed by atoms with E-state index >= 15 is 0 Å². The first-order chi connectivity index (χ1) is 4.77. The molecule has 0 aromatic carbocycles. The second-order valence-corrected chi connectivity index (χ2v) is 4.20. The van der Waals surface area contributed by atoms with Crippen LogP contribution >= 0.6 is 0 Å². The normalized spacial score (nSPS) is 45.3. The van der Waals surface area contributed by atoms with Crippen LogP contribution in [-0.4, -0.2) is 12.1 Å². The standard InChI is InChI=1S/C9H17N/c1-6(2)8-4-3-7-5-9(7)10-8/h6-10H,3-5H2,1-2H3. The van der Waals surface area contributed by atoms with E-state index in [4.69, 9.17) is 0 Å². The predicted molar refractivity (Wildman–Crippen MR) is 42.9 cm³/mol. The van der Waals surface area contributed by atoms with E-state index in [1.807, 2.05) is 0 Å². The summed E-state index contributed by atoms with van der Waals surface area (Å²) in [5.41, 5.74) is 0. The molecule has 1 saturated carbocycles. The summed E-state index contributed by atoms with van der Waals surface area (Å²) in [6.45, 7) is 4.64. The summed E-state index contributed by atoms with van der Waals surface area (Å²) in [5.74, 6) is 1.90. The van der Waals surface area contributed by atoms with Gasteiger partial charge >= 0.3 is 0 Å². The second kappa shape index (κ2) is 2.23. The van der Waals surface area contributed by atoms with E-state index in [-0.39, 0.29) is 0 Å². The Morgan fingerprint density at radius 3 is 2.70 bits per heavy atom. The topological polar surface area (TPSA) is 12.0 Å². The van der Waals surface area contributed by atoms with E-state index in [1.54, 1.807) is 0 Å². The average molecular weight is 139 g/mol. The number of hydrogen-bond acceptors (Lipinski definition) is 1. The van der Waals surface area contributed by atoms with Gasteiger partial charge in [0.2, 0.25) is 0 Å². The molecule has 0 bridgehead atoms. The van der Waals surface area contributed by atoms with E-state index in [2.05, 4.69) is 19.2 Å². The molecule has 3 unspecified atom stereocenters. The van der Waals surface area contributed by atoms with Crippen molar-refractivity contribution < 1.29 is 0 Å². The van der Waals surface area contributed by atoms with Crippen LogP contribution in [0.4, 0.5) is 0 Å². The molecule has 1 aliphatic carbocycles. The molecule has 0 aromatic heterocycles. The van der Waals surface area contributed by atoms with Gasteiger partial charge in [-0.25, -0.2) is 0 Å². The van der Waals surface area contributed by atoms with Gasteiger partial charge in [0, 0.05) is 12.1 Å². The van der Waals surface area contributed by atoms with Gasteiger partial charge in [0.25, 0.3) is 0 Å². The molecule has 1 aliphatic heterocycles. The third-order valence-corrected chi connectivity index (χ3v) is 3.00. The van der Waals surface area contributed by atoms with Crippen LogP contribution in [0.1, 0.15) is 33.1 Å². The minimum absolute atomic E-state index is 0.823. The second-order valence-electron chi connectivity index (χ2n) is 4.20. The lowest BCUT2D eigenvalue weighted by molar-refractivity contribution is 0.319. The molecule has 0 spiro atoms. The van der Waals surface area contributed by atoms with Crippen LogP contribution < -0.4 is 5.32 Å². The monoisotopic (exact) mass is 139 g/mol. The van der Waals surface area contributed by atoms with Crippen molar-refractivity contribution in [3.63, 3.8) is 0 Å². The van der Waals surface area contributed by atoms with E-state index in [0.29, 0.717) is 0 Å². The third-order valence-electron chi connectivity index (χ3n) is 3.00. The quantitative estimate of drug-likeness (QED) is 0.584. The Morgan fingerprint density at radius 1 is 1.30 bits per heavy atom. The lowest BCUT2D eigenvalue weighted by Crippen LogP contribution is -2.39. The molecule has 1 nitrogen and oxygen atoms in total. The maximum absolute atomic E-state index is 3.69. The van der Waals surface area contributed by atoms with E-state index in [1.165, 1.54) is 19.3 Å². The molecule has 2 rings (SSSR count). The van der Waals surface area contributed by atoms with Crippen LogP contribution in [0.25, 0.3) is 0 Å². The fraction of sp³-hybridized carbons (Fsp3) is 1.00. The van der Waals surface area contributed by atoms with Gasteiger partial charge in [-0.15, -0.1) is 0 Å². The van der Waals surface area contributed by atoms with Gasteiger partial charge in [-0.05, 0) is 31.1 Å². The smallest absolute Gasteiger partial charge is 0.0102 e. The first kappa shape index (κ1) is 6.66. The molecule has 2 fully saturated rings. The highest BCUT2D eigenvalue weighted by Crippen LogP contribution is 2.40. The Balaban J connectivity index is 1.88. The minimum atomic E-state index is 0.823. The van der Waals surface area contributed by atoms with Crippen molar-refractivity contribution >= 4 is 0 Å². The Hall–Kier alpha value is -0.0400. The van der Waals surface area contributed by atoms with E-state index in [9.17, 15) is 0 Å². The summed E-state index contributed by atoms with van der Waals surface area (Å²) in [6, 6.07) is 1.74. The maximum Gasteiger partial charge on any atom is 0.0102 e. The molecule has 0 amide bonds. The van der Waals surface area contributed by atoms with Gasteiger partial charge < -0.3 is 5.32 Å². The summed E-state index contributed by atoms with van der Waals surface area (Å²) in [7, 11) is 0. The number of piperidine rings is 1. The molecule has 58 valence electrons. The Labute approximate surface area is 63.2 Å². The Bertz CT molecular complexity index is 131. The molecule has 1 heterocycles. The zero-order chi connectivity index (χ0) is 7.14. The zero-order valence-corrected chi connectivity index (χ0v) is 6.93. The van der Waals surface area contributed by atoms with Crippen LogP contribution in [0.15, 0.2) is 0 Å². The van der Waals surface area contributed by atoms with Gasteiger partial charge in [-0.1, -0.05) is 13.8 Å². The molecule has 1 saturated heterocycles. The van der Waals surface area contributed by atoms with Crippen LogP contribution in [0.5, 0.6) is 0 Å². The molecule has 0 aromatic rings. The van der Waals surface area contributed by atoms with Crippen LogP contribution in [0.2, 0.25) is 0 Å². The summed E-state index contributed by atoms with van der Waals surface area (Å²) < 4.78 is 0. The highest BCUT2D eigenvalue weighted by atomic mass is 15.0. The molecular weight excluding hydrogens is 122 g/mol. The zero-order valence-electron chi connectivity index (χ0n) is 6.93. The van der Waals surface area contributed by atoms with Crippen molar-refractivity contribution in [2.24, 2.45) is 11.8 Å². The minimum Gasteiger partial charge on any atom is -0.311 e. The highest BCUT2D eigenvalue weighted by Gasteiger charge is 2.42. The van der Waals surface area contributed by atoms with Gasteiger partial charge in [0.1, 0.15) is 0 Å². The summed E-state index contributed by atoms with van der Waals surface area (Å²) in [6.07, 6.45) is 4.36. The molecule has 1 heteroatoms. The molecule has 10 heavy (non-hydrogen) atoms. The largest absolute Gasteiger partial charge is 0.311 e. The first-order valence-corrected chi connectivity index (χ1v) is 4.53. The fourth-order valence-electron chi connectivity index (χ4n) is 2.05. The van der Waals surface area contributed by atoms with Crippen molar-refractivity contribution in [2.45, 2.75) is 45.2 Å². The van der Waals surface area contributed by atoms with E-state index < -0.39 is 0 Å². The number of hydrogen-bond donors (Lipinski definition) is 1. The summed E-state index contributed by atoms with van der Waals surface area (Å²) in [4.78, 5) is 0. The Kier molecular flexibility index (Phi) is 1.48. The van der Waals surface area contributed by atoms with Crippen molar-refractivity contribution in [3.8, 4) is 0 Å². The highest BCUT2D eigenvalue weighted by molar-refractivity contribution is 4.99. The SMILES string of the molecule is CC(C)C1CCC2CC2N1. The van der Waals surface area contributed by atoms with Gasteiger partial charge in [0.15, 0.2) is 0 Å². The lowest BCUT2D eigenvalue weighted by Gasteiger charge is -2.26. The van der Waals surface area contributed by atoms with Gasteiger partial charge in [0.05, 0.1) is 0 Å². The van der Waals surface area contributed by atoms with Crippen LogP contribution in [0, 0.1) is 11.8 Å². The van der Waals surface area contributed by atoms with Crippen molar-refractivity contribution in [1.29, 1.82) is 0 Å². The fourth-order valence-corrected chi connectivity index (χ4v) is 2.05. The molecule has 1 N–H and O–H groups in total. The third kappa shape index (κ3) is 1.07. The van der Waals surface area contributed by atoms with Crippen molar-refractivity contribution in [1.82, 2.24) is 5.32 Å². The van der Waals surface area contributed by atoms with Crippen molar-refractivity contribution in [2.75, 3.05) is 0 Å². The number of rotatable bonds is 1. The molecule has 0 radical (unpaired) electrons. The molecule has 2 aliphatic rings. The molecular formula is C9H17N. The van der Waals surface area contributed by atoms with Crippen molar-refractivity contribution in [3.05, 3.63) is 0 Å². The maximum atomic E-state index is 3.69. The number of nitrogens with one attached hydrogen (secondary N) is 1. The van der Waals surface area contributed by atoms with Crippen LogP contribution in [-0.2, 0) is 0 Å².